The number of benzene rings is 1. The highest BCUT2D eigenvalue weighted by Crippen LogP contribution is 2.24. The molecule has 1 aromatic heterocycles. The van der Waals surface area contributed by atoms with E-state index in [-0.39, 0.29) is 11.9 Å². The van der Waals surface area contributed by atoms with Crippen LogP contribution in [-0.4, -0.2) is 45.3 Å². The van der Waals surface area contributed by atoms with E-state index in [0.717, 1.165) is 24.2 Å². The molecule has 6 heteroatoms. The van der Waals surface area contributed by atoms with Crippen molar-refractivity contribution in [1.82, 2.24) is 19.7 Å². The van der Waals surface area contributed by atoms with Gasteiger partial charge < -0.3 is 9.64 Å². The number of ether oxygens (including phenoxy) is 1. The van der Waals surface area contributed by atoms with Crippen LogP contribution in [-0.2, 0) is 16.1 Å². The Morgan fingerprint density at radius 2 is 2.17 bits per heavy atom. The maximum Gasteiger partial charge on any atom is 0.223 e. The quantitative estimate of drug-likeness (QED) is 0.817. The molecule has 1 aliphatic heterocycles. The molecule has 1 atom stereocenters. The van der Waals surface area contributed by atoms with E-state index in [1.54, 1.807) is 6.33 Å². The lowest BCUT2D eigenvalue weighted by Crippen LogP contribution is -2.44. The van der Waals surface area contributed by atoms with Gasteiger partial charge in [0.15, 0.2) is 5.82 Å². The minimum absolute atomic E-state index is 0.158. The number of amides is 1. The third-order valence-electron chi connectivity index (χ3n) is 4.31. The minimum atomic E-state index is -0.158. The van der Waals surface area contributed by atoms with E-state index >= 15 is 0 Å². The summed E-state index contributed by atoms with van der Waals surface area (Å²) < 4.78 is 7.49. The topological polar surface area (TPSA) is 60.3 Å². The third kappa shape index (κ3) is 3.82. The van der Waals surface area contributed by atoms with Gasteiger partial charge in [-0.1, -0.05) is 43.7 Å². The molecule has 3 rings (SSSR count). The van der Waals surface area contributed by atoms with Crippen LogP contribution in [0.15, 0.2) is 36.7 Å². The van der Waals surface area contributed by atoms with Gasteiger partial charge in [-0.05, 0) is 12.0 Å². The van der Waals surface area contributed by atoms with Gasteiger partial charge in [0.1, 0.15) is 12.4 Å². The molecular weight excluding hydrogens is 304 g/mol. The van der Waals surface area contributed by atoms with Crippen LogP contribution in [0.1, 0.15) is 43.6 Å². The van der Waals surface area contributed by atoms with Gasteiger partial charge in [0.25, 0.3) is 0 Å². The molecular formula is C18H24N4O2. The molecule has 0 spiro atoms. The molecule has 24 heavy (non-hydrogen) atoms. The van der Waals surface area contributed by atoms with Gasteiger partial charge in [-0.2, -0.15) is 5.10 Å². The second-order valence-electron chi connectivity index (χ2n) is 6.04. The average Bonchev–Trinajstić information content (AvgIpc) is 3.08. The van der Waals surface area contributed by atoms with Crippen molar-refractivity contribution in [3.8, 4) is 0 Å². The fraction of sp³-hybridized carbons (Fsp3) is 0.500. The molecule has 0 saturated carbocycles. The second-order valence-corrected chi connectivity index (χ2v) is 6.04. The van der Waals surface area contributed by atoms with Crippen LogP contribution in [0.25, 0.3) is 0 Å². The number of hydrogen-bond acceptors (Lipinski definition) is 4. The normalized spacial score (nSPS) is 17.9. The molecule has 0 unspecified atom stereocenters. The standard InChI is InChI=1S/C18H24N4O2/c1-2-3-9-17(23)21-10-11-24-13-16(21)18-19-14-20-22(18)12-15-7-5-4-6-8-15/h4-8,14,16H,2-3,9-13H2,1H3/t16-/m1/s1. The first-order valence-electron chi connectivity index (χ1n) is 8.58. The molecule has 1 saturated heterocycles. The number of carbonyl (C=O) groups excluding carboxylic acids is 1. The van der Waals surface area contributed by atoms with Crippen molar-refractivity contribution in [3.63, 3.8) is 0 Å². The zero-order valence-electron chi connectivity index (χ0n) is 14.1. The zero-order chi connectivity index (χ0) is 16.8. The van der Waals surface area contributed by atoms with Crippen LogP contribution in [0.4, 0.5) is 0 Å². The van der Waals surface area contributed by atoms with Gasteiger partial charge in [-0.25, -0.2) is 9.67 Å². The molecule has 1 amide bonds. The van der Waals surface area contributed by atoms with E-state index in [0.29, 0.717) is 32.7 Å². The number of morpholine rings is 1. The fourth-order valence-electron chi connectivity index (χ4n) is 3.00. The number of aromatic nitrogens is 3. The van der Waals surface area contributed by atoms with Crippen LogP contribution < -0.4 is 0 Å². The summed E-state index contributed by atoms with van der Waals surface area (Å²) in [5, 5.41) is 4.35. The number of unbranched alkanes of at least 4 members (excludes halogenated alkanes) is 1. The average molecular weight is 328 g/mol. The Bertz CT molecular complexity index is 656. The fourth-order valence-corrected chi connectivity index (χ4v) is 3.00. The molecule has 0 aliphatic carbocycles. The summed E-state index contributed by atoms with van der Waals surface area (Å²) in [6, 6.07) is 9.98. The largest absolute Gasteiger partial charge is 0.377 e. The maximum absolute atomic E-state index is 12.5. The van der Waals surface area contributed by atoms with Gasteiger partial charge in [0.2, 0.25) is 5.91 Å². The van der Waals surface area contributed by atoms with Crippen molar-refractivity contribution in [3.05, 3.63) is 48.0 Å². The molecule has 1 aliphatic rings. The van der Waals surface area contributed by atoms with Crippen LogP contribution >= 0.6 is 0 Å². The smallest absolute Gasteiger partial charge is 0.223 e. The summed E-state index contributed by atoms with van der Waals surface area (Å²) in [6.07, 6.45) is 4.08. The lowest BCUT2D eigenvalue weighted by atomic mass is 10.1. The SMILES string of the molecule is CCCCC(=O)N1CCOC[C@@H]1c1ncnn1Cc1ccccc1. The summed E-state index contributed by atoms with van der Waals surface area (Å²) >= 11 is 0. The molecule has 6 nitrogen and oxygen atoms in total. The first-order chi connectivity index (χ1) is 11.8. The van der Waals surface area contributed by atoms with Crippen molar-refractivity contribution in [2.24, 2.45) is 0 Å². The van der Waals surface area contributed by atoms with Crippen LogP contribution in [0, 0.1) is 0 Å². The van der Waals surface area contributed by atoms with Crippen LogP contribution in [0.2, 0.25) is 0 Å². The number of hydrogen-bond donors (Lipinski definition) is 0. The molecule has 2 aromatic rings. The Hall–Kier alpha value is -2.21. The third-order valence-corrected chi connectivity index (χ3v) is 4.31. The summed E-state index contributed by atoms with van der Waals surface area (Å²) in [6.45, 7) is 4.42. The van der Waals surface area contributed by atoms with E-state index in [1.165, 1.54) is 0 Å². The minimum Gasteiger partial charge on any atom is -0.377 e. The molecule has 1 aromatic carbocycles. The summed E-state index contributed by atoms with van der Waals surface area (Å²) in [5.74, 6) is 0.975. The molecule has 0 radical (unpaired) electrons. The number of nitrogens with zero attached hydrogens (tertiary/aromatic N) is 4. The Kier molecular flexibility index (Phi) is 5.59. The van der Waals surface area contributed by atoms with Crippen LogP contribution in [0.3, 0.4) is 0 Å². The maximum atomic E-state index is 12.5. The van der Waals surface area contributed by atoms with E-state index < -0.39 is 0 Å². The predicted octanol–water partition coefficient (Wildman–Crippen LogP) is 2.42. The predicted molar refractivity (Wildman–Crippen MR) is 90.4 cm³/mol. The van der Waals surface area contributed by atoms with Gasteiger partial charge in [-0.3, -0.25) is 4.79 Å². The zero-order valence-corrected chi connectivity index (χ0v) is 14.1. The van der Waals surface area contributed by atoms with E-state index in [2.05, 4.69) is 29.1 Å². The summed E-state index contributed by atoms with van der Waals surface area (Å²) in [5.41, 5.74) is 1.16. The van der Waals surface area contributed by atoms with Gasteiger partial charge in [-0.15, -0.1) is 0 Å². The highest BCUT2D eigenvalue weighted by Gasteiger charge is 2.31. The second kappa shape index (κ2) is 8.06. The highest BCUT2D eigenvalue weighted by molar-refractivity contribution is 5.76. The molecule has 2 heterocycles. The Morgan fingerprint density at radius 1 is 1.33 bits per heavy atom. The number of carbonyl (C=O) groups is 1. The summed E-state index contributed by atoms with van der Waals surface area (Å²) in [4.78, 5) is 18.9. The van der Waals surface area contributed by atoms with E-state index in [1.807, 2.05) is 27.8 Å². The lowest BCUT2D eigenvalue weighted by molar-refractivity contribution is -0.140. The van der Waals surface area contributed by atoms with Crippen molar-refractivity contribution in [1.29, 1.82) is 0 Å². The van der Waals surface area contributed by atoms with E-state index in [4.69, 9.17) is 4.74 Å². The number of rotatable bonds is 6. The molecule has 1 fully saturated rings. The van der Waals surface area contributed by atoms with Crippen LogP contribution in [0.5, 0.6) is 0 Å². The monoisotopic (exact) mass is 328 g/mol. The van der Waals surface area contributed by atoms with Gasteiger partial charge in [0, 0.05) is 13.0 Å². The van der Waals surface area contributed by atoms with Crippen molar-refractivity contribution < 1.29 is 9.53 Å². The van der Waals surface area contributed by atoms with Crippen molar-refractivity contribution in [2.45, 2.75) is 38.8 Å². The van der Waals surface area contributed by atoms with Crippen molar-refractivity contribution in [2.75, 3.05) is 19.8 Å². The summed E-state index contributed by atoms with van der Waals surface area (Å²) in [7, 11) is 0. The highest BCUT2D eigenvalue weighted by atomic mass is 16.5. The Morgan fingerprint density at radius 3 is 2.96 bits per heavy atom. The molecule has 0 N–H and O–H groups in total. The van der Waals surface area contributed by atoms with Gasteiger partial charge >= 0.3 is 0 Å². The Balaban J connectivity index is 1.79. The van der Waals surface area contributed by atoms with E-state index in [9.17, 15) is 4.79 Å². The molecule has 128 valence electrons. The lowest BCUT2D eigenvalue weighted by Gasteiger charge is -2.35. The first-order valence-corrected chi connectivity index (χ1v) is 8.58. The Labute approximate surface area is 142 Å². The molecule has 0 bridgehead atoms. The van der Waals surface area contributed by atoms with Crippen molar-refractivity contribution >= 4 is 5.91 Å². The first kappa shape index (κ1) is 16.6. The van der Waals surface area contributed by atoms with Gasteiger partial charge in [0.05, 0.1) is 19.8 Å².